The molecule has 5 heteroatoms. The van der Waals surface area contributed by atoms with Crippen molar-refractivity contribution < 1.29 is 4.21 Å². The molecule has 1 aromatic rings. The Morgan fingerprint density at radius 1 is 1.44 bits per heavy atom. The summed E-state index contributed by atoms with van der Waals surface area (Å²) in [5, 5.41) is 0.654. The Morgan fingerprint density at radius 3 is 2.56 bits per heavy atom. The second-order valence-corrected chi connectivity index (χ2v) is 7.49. The van der Waals surface area contributed by atoms with Crippen LogP contribution in [0.25, 0.3) is 0 Å². The monoisotopic (exact) mass is 321 g/mol. The third kappa shape index (κ3) is 4.00. The highest BCUT2D eigenvalue weighted by molar-refractivity contribution is 9.10. The van der Waals surface area contributed by atoms with E-state index in [0.717, 1.165) is 10.0 Å². The first-order valence-corrected chi connectivity index (χ1v) is 6.99. The van der Waals surface area contributed by atoms with Gasteiger partial charge in [-0.3, -0.25) is 0 Å². The van der Waals surface area contributed by atoms with Crippen LogP contribution in [-0.2, 0) is 11.0 Å². The van der Waals surface area contributed by atoms with Gasteiger partial charge >= 0.3 is 0 Å². The van der Waals surface area contributed by atoms with Crippen LogP contribution < -0.4 is 0 Å². The molecule has 0 saturated carbocycles. The quantitative estimate of drug-likeness (QED) is 0.757. The van der Waals surface area contributed by atoms with Crippen LogP contribution >= 0.6 is 27.5 Å². The molecule has 0 fully saturated rings. The zero-order valence-corrected chi connectivity index (χ0v) is 12.5. The van der Waals surface area contributed by atoms with E-state index in [1.807, 2.05) is 26.8 Å². The number of hydrogen-bond acceptors (Lipinski definition) is 1. The van der Waals surface area contributed by atoms with Gasteiger partial charge in [-0.25, -0.2) is 4.21 Å². The van der Waals surface area contributed by atoms with E-state index in [4.69, 9.17) is 11.6 Å². The van der Waals surface area contributed by atoms with Gasteiger partial charge in [-0.1, -0.05) is 33.6 Å². The second-order valence-electron chi connectivity index (χ2n) is 4.26. The standard InChI is InChI=1S/C11H13BrClNOS/c1-11(2,3)16(15)14-7-8-4-5-9(13)6-10(8)12/h4-7H,1-3H3/b14-7+/t16-/m1/s1. The summed E-state index contributed by atoms with van der Waals surface area (Å²) < 4.78 is 16.2. The van der Waals surface area contributed by atoms with Gasteiger partial charge in [0.15, 0.2) is 0 Å². The maximum atomic E-state index is 11.7. The molecule has 2 nitrogen and oxygen atoms in total. The molecular weight excluding hydrogens is 310 g/mol. The van der Waals surface area contributed by atoms with Gasteiger partial charge in [-0.15, -0.1) is 0 Å². The van der Waals surface area contributed by atoms with E-state index in [1.54, 1.807) is 18.3 Å². The van der Waals surface area contributed by atoms with E-state index in [2.05, 4.69) is 20.3 Å². The first-order chi connectivity index (χ1) is 7.30. The fourth-order valence-corrected chi connectivity index (χ4v) is 2.18. The lowest BCUT2D eigenvalue weighted by atomic mass is 10.2. The first-order valence-electron chi connectivity index (χ1n) is 4.72. The van der Waals surface area contributed by atoms with Crippen LogP contribution in [0, 0.1) is 0 Å². The molecule has 0 saturated heterocycles. The van der Waals surface area contributed by atoms with Crippen molar-refractivity contribution in [2.45, 2.75) is 25.5 Å². The SMILES string of the molecule is CC(C)(C)[S@@](=O)/N=C/c1ccc(Cl)cc1Br. The molecule has 1 rings (SSSR count). The Labute approximate surface area is 112 Å². The molecule has 0 aliphatic carbocycles. The topological polar surface area (TPSA) is 29.4 Å². The van der Waals surface area contributed by atoms with Crippen LogP contribution in [0.5, 0.6) is 0 Å². The maximum Gasteiger partial charge on any atom is 0.144 e. The highest BCUT2D eigenvalue weighted by Gasteiger charge is 2.18. The maximum absolute atomic E-state index is 11.7. The molecule has 0 spiro atoms. The molecule has 0 heterocycles. The molecule has 0 amide bonds. The Kier molecular flexibility index (Phi) is 4.71. The Bertz CT molecular complexity index is 440. The van der Waals surface area contributed by atoms with Crippen molar-refractivity contribution in [3.05, 3.63) is 33.3 Å². The molecule has 88 valence electrons. The number of rotatable bonds is 2. The number of hydrogen-bond donors (Lipinski definition) is 0. The lowest BCUT2D eigenvalue weighted by molar-refractivity contribution is 0.651. The summed E-state index contributed by atoms with van der Waals surface area (Å²) in [7, 11) is -1.24. The Hall–Kier alpha value is -0.190. The Morgan fingerprint density at radius 2 is 2.06 bits per heavy atom. The summed E-state index contributed by atoms with van der Waals surface area (Å²) in [6, 6.07) is 5.38. The molecule has 1 aromatic carbocycles. The zero-order chi connectivity index (χ0) is 12.3. The third-order valence-corrected chi connectivity index (χ3v) is 4.04. The van der Waals surface area contributed by atoms with Crippen molar-refractivity contribution >= 4 is 44.7 Å². The van der Waals surface area contributed by atoms with Gasteiger partial charge in [-0.2, -0.15) is 4.40 Å². The number of halogens is 2. The zero-order valence-electron chi connectivity index (χ0n) is 9.33. The average Bonchev–Trinajstić information content (AvgIpc) is 2.14. The van der Waals surface area contributed by atoms with Gasteiger partial charge in [0.05, 0.1) is 4.75 Å². The molecule has 0 radical (unpaired) electrons. The molecule has 1 atom stereocenters. The van der Waals surface area contributed by atoms with Crippen molar-refractivity contribution in [1.82, 2.24) is 0 Å². The van der Waals surface area contributed by atoms with Crippen molar-refractivity contribution in [3.63, 3.8) is 0 Å². The van der Waals surface area contributed by atoms with Crippen molar-refractivity contribution in [2.24, 2.45) is 4.40 Å². The van der Waals surface area contributed by atoms with Crippen LogP contribution in [0.4, 0.5) is 0 Å². The average molecular weight is 323 g/mol. The van der Waals surface area contributed by atoms with Gasteiger partial charge < -0.3 is 0 Å². The van der Waals surface area contributed by atoms with E-state index in [-0.39, 0.29) is 4.75 Å². The predicted molar refractivity (Wildman–Crippen MR) is 74.6 cm³/mol. The molecule has 0 N–H and O–H groups in total. The predicted octanol–water partition coefficient (Wildman–Crippen LogP) is 3.98. The normalized spacial score (nSPS) is 14.3. The second kappa shape index (κ2) is 5.43. The summed E-state index contributed by atoms with van der Waals surface area (Å²) in [6.07, 6.45) is 1.60. The highest BCUT2D eigenvalue weighted by Crippen LogP contribution is 2.20. The molecule has 0 aliphatic heterocycles. The van der Waals surface area contributed by atoms with Crippen LogP contribution in [-0.4, -0.2) is 15.2 Å². The smallest absolute Gasteiger partial charge is 0.144 e. The van der Waals surface area contributed by atoms with Crippen LogP contribution in [0.3, 0.4) is 0 Å². The van der Waals surface area contributed by atoms with E-state index in [0.29, 0.717) is 5.02 Å². The lowest BCUT2D eigenvalue weighted by Crippen LogP contribution is -2.19. The van der Waals surface area contributed by atoms with Gasteiger partial charge in [-0.05, 0) is 32.9 Å². The summed E-state index contributed by atoms with van der Waals surface area (Å²) in [5.41, 5.74) is 0.863. The molecule has 0 bridgehead atoms. The summed E-state index contributed by atoms with van der Waals surface area (Å²) in [5.74, 6) is 0. The first kappa shape index (κ1) is 13.9. The van der Waals surface area contributed by atoms with Gasteiger partial charge in [0.1, 0.15) is 11.0 Å². The van der Waals surface area contributed by atoms with Crippen LogP contribution in [0.2, 0.25) is 5.02 Å². The van der Waals surface area contributed by atoms with Crippen molar-refractivity contribution in [2.75, 3.05) is 0 Å². The Balaban J connectivity index is 2.89. The number of benzene rings is 1. The van der Waals surface area contributed by atoms with Gasteiger partial charge in [0.25, 0.3) is 0 Å². The fraction of sp³-hybridized carbons (Fsp3) is 0.364. The van der Waals surface area contributed by atoms with E-state index in [9.17, 15) is 4.21 Å². The molecule has 0 aliphatic rings. The molecular formula is C11H13BrClNOS. The highest BCUT2D eigenvalue weighted by atomic mass is 79.9. The van der Waals surface area contributed by atoms with Crippen molar-refractivity contribution in [1.29, 1.82) is 0 Å². The van der Waals surface area contributed by atoms with Crippen LogP contribution in [0.1, 0.15) is 26.3 Å². The van der Waals surface area contributed by atoms with Crippen LogP contribution in [0.15, 0.2) is 27.1 Å². The molecule has 0 unspecified atom stereocenters. The van der Waals surface area contributed by atoms with E-state index < -0.39 is 11.0 Å². The van der Waals surface area contributed by atoms with Crippen molar-refractivity contribution in [3.8, 4) is 0 Å². The minimum Gasteiger partial charge on any atom is -0.234 e. The van der Waals surface area contributed by atoms with E-state index >= 15 is 0 Å². The fourth-order valence-electron chi connectivity index (χ4n) is 0.869. The summed E-state index contributed by atoms with van der Waals surface area (Å²) >= 11 is 9.19. The minimum absolute atomic E-state index is 0.338. The minimum atomic E-state index is -1.24. The van der Waals surface area contributed by atoms with E-state index in [1.165, 1.54) is 0 Å². The summed E-state index contributed by atoms with van der Waals surface area (Å²) in [6.45, 7) is 5.66. The lowest BCUT2D eigenvalue weighted by Gasteiger charge is -2.12. The number of nitrogens with zero attached hydrogens (tertiary/aromatic N) is 1. The largest absolute Gasteiger partial charge is 0.234 e. The molecule has 16 heavy (non-hydrogen) atoms. The third-order valence-electron chi connectivity index (χ3n) is 1.77. The van der Waals surface area contributed by atoms with Gasteiger partial charge in [0, 0.05) is 21.3 Å². The van der Waals surface area contributed by atoms with Gasteiger partial charge in [0.2, 0.25) is 0 Å². The summed E-state index contributed by atoms with van der Waals surface area (Å²) in [4.78, 5) is 0. The molecule has 0 aromatic heterocycles.